The molecule has 0 aromatic heterocycles. The summed E-state index contributed by atoms with van der Waals surface area (Å²) in [5.74, 6) is 0. The molecule has 0 amide bonds. The van der Waals surface area contributed by atoms with Gasteiger partial charge in [0, 0.05) is 21.9 Å². The van der Waals surface area contributed by atoms with Crippen LogP contribution in [0.3, 0.4) is 0 Å². The maximum absolute atomic E-state index is 5.91. The minimum Gasteiger partial charge on any atom is -0.398 e. The third-order valence-electron chi connectivity index (χ3n) is 3.77. The van der Waals surface area contributed by atoms with E-state index in [-0.39, 0.29) is 0 Å². The van der Waals surface area contributed by atoms with Gasteiger partial charge in [0.25, 0.3) is 0 Å². The van der Waals surface area contributed by atoms with Crippen LogP contribution >= 0.6 is 15.9 Å². The molecule has 0 fully saturated rings. The highest BCUT2D eigenvalue weighted by Gasteiger charge is 2.21. The van der Waals surface area contributed by atoms with Crippen LogP contribution in [0, 0.1) is 6.92 Å². The van der Waals surface area contributed by atoms with Crippen LogP contribution in [0.4, 0.5) is 11.4 Å². The fourth-order valence-electron chi connectivity index (χ4n) is 2.69. The van der Waals surface area contributed by atoms with Crippen molar-refractivity contribution in [1.29, 1.82) is 0 Å². The van der Waals surface area contributed by atoms with Gasteiger partial charge < -0.3 is 11.1 Å². The number of rotatable bonds is 2. The third-order valence-corrected chi connectivity index (χ3v) is 4.42. The van der Waals surface area contributed by atoms with E-state index in [0.717, 1.165) is 34.3 Å². The Balaban J connectivity index is 1.79. The van der Waals surface area contributed by atoms with Gasteiger partial charge in [-0.15, -0.1) is 0 Å². The number of hydrogen-bond donors (Lipinski definition) is 2. The Morgan fingerprint density at radius 2 is 1.79 bits per heavy atom. The molecule has 2 nitrogen and oxygen atoms in total. The normalized spacial score (nSPS) is 14.4. The van der Waals surface area contributed by atoms with E-state index >= 15 is 0 Å². The maximum Gasteiger partial charge on any atom is 0.0491 e. The van der Waals surface area contributed by atoms with Crippen LogP contribution in [0.25, 0.3) is 0 Å². The average Bonchev–Trinajstić information content (AvgIpc) is 2.78. The van der Waals surface area contributed by atoms with Crippen molar-refractivity contribution in [3.8, 4) is 0 Å². The summed E-state index contributed by atoms with van der Waals surface area (Å²) in [5.41, 5.74) is 11.9. The fraction of sp³-hybridized carbons (Fsp3) is 0.250. The van der Waals surface area contributed by atoms with Crippen LogP contribution in [0.5, 0.6) is 0 Å². The number of fused-ring (bicyclic) bond motifs is 1. The average molecular weight is 317 g/mol. The van der Waals surface area contributed by atoms with Gasteiger partial charge in [0.15, 0.2) is 0 Å². The first-order chi connectivity index (χ1) is 9.13. The van der Waals surface area contributed by atoms with Crippen molar-refractivity contribution in [2.75, 3.05) is 11.1 Å². The van der Waals surface area contributed by atoms with E-state index in [2.05, 4.69) is 51.6 Å². The summed E-state index contributed by atoms with van der Waals surface area (Å²) in [7, 11) is 0. The van der Waals surface area contributed by atoms with Crippen molar-refractivity contribution in [2.45, 2.75) is 25.8 Å². The minimum absolute atomic E-state index is 0.469. The molecule has 3 rings (SSSR count). The van der Waals surface area contributed by atoms with Crippen molar-refractivity contribution in [1.82, 2.24) is 0 Å². The first-order valence-electron chi connectivity index (χ1n) is 6.52. The molecule has 0 unspecified atom stereocenters. The first kappa shape index (κ1) is 12.5. The van der Waals surface area contributed by atoms with Gasteiger partial charge in [0.05, 0.1) is 0 Å². The molecule has 0 aliphatic heterocycles. The standard InChI is InChI=1S/C16H17BrN2/c1-10-6-16(14(17)9-15(10)18)19-13-7-11-4-2-3-5-12(11)8-13/h2-6,9,13,19H,7-8,18H2,1H3. The summed E-state index contributed by atoms with van der Waals surface area (Å²) in [6.45, 7) is 2.04. The van der Waals surface area contributed by atoms with Crippen LogP contribution < -0.4 is 11.1 Å². The summed E-state index contributed by atoms with van der Waals surface area (Å²) in [6, 6.07) is 13.2. The van der Waals surface area contributed by atoms with Crippen LogP contribution in [0.1, 0.15) is 16.7 Å². The van der Waals surface area contributed by atoms with Crippen LogP contribution in [-0.4, -0.2) is 6.04 Å². The van der Waals surface area contributed by atoms with Gasteiger partial charge in [0.2, 0.25) is 0 Å². The molecule has 0 bridgehead atoms. The Labute approximate surface area is 122 Å². The molecule has 1 aliphatic carbocycles. The number of nitrogens with two attached hydrogens (primary N) is 1. The van der Waals surface area contributed by atoms with Crippen molar-refractivity contribution in [3.05, 3.63) is 57.6 Å². The minimum atomic E-state index is 0.469. The lowest BCUT2D eigenvalue weighted by Crippen LogP contribution is -2.19. The lowest BCUT2D eigenvalue weighted by molar-refractivity contribution is 0.773. The second-order valence-electron chi connectivity index (χ2n) is 5.21. The second kappa shape index (κ2) is 4.89. The molecule has 0 saturated carbocycles. The van der Waals surface area contributed by atoms with E-state index in [1.807, 2.05) is 13.0 Å². The highest BCUT2D eigenvalue weighted by atomic mass is 79.9. The molecule has 3 N–H and O–H groups in total. The zero-order chi connectivity index (χ0) is 13.4. The summed E-state index contributed by atoms with van der Waals surface area (Å²) < 4.78 is 1.03. The van der Waals surface area contributed by atoms with Gasteiger partial charge >= 0.3 is 0 Å². The molecule has 98 valence electrons. The second-order valence-corrected chi connectivity index (χ2v) is 6.06. The van der Waals surface area contributed by atoms with E-state index in [4.69, 9.17) is 5.73 Å². The smallest absolute Gasteiger partial charge is 0.0491 e. The highest BCUT2D eigenvalue weighted by Crippen LogP contribution is 2.31. The monoisotopic (exact) mass is 316 g/mol. The number of nitrogen functional groups attached to an aromatic ring is 1. The van der Waals surface area contributed by atoms with E-state index in [1.54, 1.807) is 0 Å². The lowest BCUT2D eigenvalue weighted by atomic mass is 10.1. The first-order valence-corrected chi connectivity index (χ1v) is 7.31. The topological polar surface area (TPSA) is 38.0 Å². The molecule has 1 aliphatic rings. The molecule has 2 aromatic carbocycles. The molecule has 0 saturated heterocycles. The zero-order valence-electron chi connectivity index (χ0n) is 10.9. The van der Waals surface area contributed by atoms with Gasteiger partial charge in [0.1, 0.15) is 0 Å². The number of aryl methyl sites for hydroxylation is 1. The molecule has 2 aromatic rings. The third kappa shape index (κ3) is 2.47. The number of benzene rings is 2. The van der Waals surface area contributed by atoms with Gasteiger partial charge in [-0.1, -0.05) is 24.3 Å². The van der Waals surface area contributed by atoms with E-state index < -0.39 is 0 Å². The predicted molar refractivity (Wildman–Crippen MR) is 84.6 cm³/mol. The number of nitrogens with one attached hydrogen (secondary N) is 1. The SMILES string of the molecule is Cc1cc(NC2Cc3ccccc3C2)c(Br)cc1N. The van der Waals surface area contributed by atoms with Crippen LogP contribution in [0.15, 0.2) is 40.9 Å². The summed E-state index contributed by atoms with van der Waals surface area (Å²) >= 11 is 3.58. The van der Waals surface area contributed by atoms with Crippen molar-refractivity contribution < 1.29 is 0 Å². The molecular formula is C16H17BrN2. The van der Waals surface area contributed by atoms with E-state index in [9.17, 15) is 0 Å². The zero-order valence-corrected chi connectivity index (χ0v) is 12.5. The number of anilines is 2. The van der Waals surface area contributed by atoms with Gasteiger partial charge in [-0.05, 0) is 64.5 Å². The van der Waals surface area contributed by atoms with Crippen molar-refractivity contribution >= 4 is 27.3 Å². The van der Waals surface area contributed by atoms with Gasteiger partial charge in [-0.3, -0.25) is 0 Å². The predicted octanol–water partition coefficient (Wildman–Crippen LogP) is 3.92. The van der Waals surface area contributed by atoms with Crippen LogP contribution in [0.2, 0.25) is 0 Å². The molecule has 0 heterocycles. The summed E-state index contributed by atoms with van der Waals surface area (Å²) in [6.07, 6.45) is 2.18. The maximum atomic E-state index is 5.91. The van der Waals surface area contributed by atoms with Crippen molar-refractivity contribution in [3.63, 3.8) is 0 Å². The summed E-state index contributed by atoms with van der Waals surface area (Å²) in [5, 5.41) is 3.62. The largest absolute Gasteiger partial charge is 0.398 e. The van der Waals surface area contributed by atoms with Crippen LogP contribution in [-0.2, 0) is 12.8 Å². The Morgan fingerprint density at radius 1 is 1.16 bits per heavy atom. The molecule has 3 heteroatoms. The van der Waals surface area contributed by atoms with Crippen molar-refractivity contribution in [2.24, 2.45) is 0 Å². The Kier molecular flexibility index (Phi) is 3.23. The van der Waals surface area contributed by atoms with E-state index in [0.29, 0.717) is 6.04 Å². The molecular weight excluding hydrogens is 300 g/mol. The number of hydrogen-bond acceptors (Lipinski definition) is 2. The molecule has 0 radical (unpaired) electrons. The van der Waals surface area contributed by atoms with Gasteiger partial charge in [-0.2, -0.15) is 0 Å². The Hall–Kier alpha value is -1.48. The Bertz CT molecular complexity index is 597. The van der Waals surface area contributed by atoms with E-state index in [1.165, 1.54) is 11.1 Å². The highest BCUT2D eigenvalue weighted by molar-refractivity contribution is 9.10. The quantitative estimate of drug-likeness (QED) is 0.824. The molecule has 19 heavy (non-hydrogen) atoms. The Morgan fingerprint density at radius 3 is 2.42 bits per heavy atom. The summed E-state index contributed by atoms with van der Waals surface area (Å²) in [4.78, 5) is 0. The molecule has 0 atom stereocenters. The fourth-order valence-corrected chi connectivity index (χ4v) is 3.16. The van der Waals surface area contributed by atoms with Gasteiger partial charge in [-0.25, -0.2) is 0 Å². The number of halogens is 1. The lowest BCUT2D eigenvalue weighted by Gasteiger charge is -2.16. The molecule has 0 spiro atoms.